The maximum atomic E-state index is 7.52. The zero-order valence-electron chi connectivity index (χ0n) is 30.5. The lowest BCUT2D eigenvalue weighted by Crippen LogP contribution is -2.35. The van der Waals surface area contributed by atoms with Gasteiger partial charge in [0.1, 0.15) is 11.5 Å². The highest BCUT2D eigenvalue weighted by atomic mass is 16.5. The summed E-state index contributed by atoms with van der Waals surface area (Å²) in [6.07, 6.45) is 0. The Kier molecular flexibility index (Phi) is 7.06. The maximum absolute atomic E-state index is 7.52. The van der Waals surface area contributed by atoms with E-state index >= 15 is 0 Å². The first kappa shape index (κ1) is 31.6. The van der Waals surface area contributed by atoms with Crippen molar-refractivity contribution >= 4 is 43.1 Å². The predicted molar refractivity (Wildman–Crippen MR) is 230 cm³/mol. The van der Waals surface area contributed by atoms with Crippen LogP contribution in [0.1, 0.15) is 27.8 Å². The molecule has 55 heavy (non-hydrogen) atoms. The second-order valence-electron chi connectivity index (χ2n) is 14.8. The fourth-order valence-corrected chi connectivity index (χ4v) is 9.35. The standard InChI is InChI=1S/C54H36O/c1-35-23-25-37(26-24-35)39-29-33-41(34-30-39)54(40-31-27-38(28-32-40)36-13-3-2-4-14-36)50-46-19-9-5-15-42(46)44-17-7-11-21-48(44)52(50)55-53-49-22-12-8-18-45(49)43-16-6-10-20-47(43)51(53)54/h2-34H,1H3. The topological polar surface area (TPSA) is 9.23 Å². The average Bonchev–Trinajstić information content (AvgIpc) is 3.26. The second-order valence-corrected chi connectivity index (χ2v) is 14.8. The number of hydrogen-bond donors (Lipinski definition) is 0. The summed E-state index contributed by atoms with van der Waals surface area (Å²) < 4.78 is 7.52. The minimum absolute atomic E-state index is 0.767. The molecular weight excluding hydrogens is 665 g/mol. The summed E-state index contributed by atoms with van der Waals surface area (Å²) in [5.74, 6) is 1.83. The average molecular weight is 701 g/mol. The highest BCUT2D eigenvalue weighted by Crippen LogP contribution is 2.62. The molecule has 11 rings (SSSR count). The van der Waals surface area contributed by atoms with E-state index in [1.807, 2.05) is 0 Å². The fraction of sp³-hybridized carbons (Fsp3) is 0.0370. The summed E-state index contributed by atoms with van der Waals surface area (Å²) in [6, 6.07) is 73.5. The third kappa shape index (κ3) is 4.66. The Morgan fingerprint density at radius 2 is 0.600 bits per heavy atom. The molecule has 1 heterocycles. The van der Waals surface area contributed by atoms with Crippen molar-refractivity contribution in [2.24, 2.45) is 0 Å². The molecule has 1 heteroatoms. The Labute approximate surface area is 320 Å². The smallest absolute Gasteiger partial charge is 0.140 e. The lowest BCUT2D eigenvalue weighted by molar-refractivity contribution is 0.449. The van der Waals surface area contributed by atoms with Gasteiger partial charge in [-0.05, 0) is 72.6 Å². The van der Waals surface area contributed by atoms with Crippen LogP contribution < -0.4 is 4.74 Å². The van der Waals surface area contributed by atoms with E-state index in [0.717, 1.165) is 22.3 Å². The van der Waals surface area contributed by atoms with Crippen LogP contribution in [-0.4, -0.2) is 0 Å². The van der Waals surface area contributed by atoms with Crippen LogP contribution in [0, 0.1) is 6.92 Å². The van der Waals surface area contributed by atoms with Crippen molar-refractivity contribution in [3.63, 3.8) is 0 Å². The van der Waals surface area contributed by atoms with Crippen molar-refractivity contribution in [3.8, 4) is 33.8 Å². The molecule has 0 fully saturated rings. The Morgan fingerprint density at radius 1 is 0.291 bits per heavy atom. The van der Waals surface area contributed by atoms with Crippen molar-refractivity contribution in [3.05, 3.63) is 228 Å². The molecule has 10 aromatic rings. The monoisotopic (exact) mass is 700 g/mol. The molecule has 0 N–H and O–H groups in total. The summed E-state index contributed by atoms with van der Waals surface area (Å²) >= 11 is 0. The Bertz CT molecular complexity index is 2960. The zero-order valence-corrected chi connectivity index (χ0v) is 30.5. The maximum Gasteiger partial charge on any atom is 0.140 e. The molecule has 0 radical (unpaired) electrons. The van der Waals surface area contributed by atoms with Crippen molar-refractivity contribution in [1.82, 2.24) is 0 Å². The van der Waals surface area contributed by atoms with Gasteiger partial charge in [-0.1, -0.05) is 206 Å². The van der Waals surface area contributed by atoms with Crippen LogP contribution >= 0.6 is 0 Å². The van der Waals surface area contributed by atoms with Gasteiger partial charge in [0.15, 0.2) is 0 Å². The quantitative estimate of drug-likeness (QED) is 0.166. The van der Waals surface area contributed by atoms with E-state index < -0.39 is 5.41 Å². The molecule has 1 aliphatic heterocycles. The number of ether oxygens (including phenoxy) is 1. The molecule has 0 spiro atoms. The zero-order chi connectivity index (χ0) is 36.5. The van der Waals surface area contributed by atoms with E-state index in [4.69, 9.17) is 4.74 Å². The number of benzene rings is 10. The first-order chi connectivity index (χ1) is 27.2. The summed E-state index contributed by atoms with van der Waals surface area (Å²) in [5, 5.41) is 9.41. The predicted octanol–water partition coefficient (Wildman–Crippen LogP) is 14.4. The summed E-state index contributed by atoms with van der Waals surface area (Å²) in [5.41, 5.74) is 10.0. The van der Waals surface area contributed by atoms with Crippen LogP contribution in [-0.2, 0) is 5.41 Å². The molecule has 0 unspecified atom stereocenters. The minimum atomic E-state index is -0.767. The van der Waals surface area contributed by atoms with Crippen LogP contribution in [0.15, 0.2) is 200 Å². The SMILES string of the molecule is Cc1ccc(-c2ccc(C3(c4ccc(-c5ccccc5)cc4)c4c(c5ccccc5c5ccccc45)Oc4c3c3ccccc3c3ccccc43)cc2)cc1. The molecule has 1 aliphatic rings. The number of aryl methyl sites for hydroxylation is 1. The molecule has 0 amide bonds. The lowest BCUT2D eigenvalue weighted by atomic mass is 9.60. The normalized spacial score (nSPS) is 13.1. The highest BCUT2D eigenvalue weighted by molar-refractivity contribution is 6.18. The molecule has 10 aromatic carbocycles. The third-order valence-electron chi connectivity index (χ3n) is 11.9. The van der Waals surface area contributed by atoms with Crippen molar-refractivity contribution < 1.29 is 4.74 Å². The van der Waals surface area contributed by atoms with Gasteiger partial charge >= 0.3 is 0 Å². The van der Waals surface area contributed by atoms with Crippen LogP contribution in [0.3, 0.4) is 0 Å². The molecule has 0 aromatic heterocycles. The van der Waals surface area contributed by atoms with Crippen LogP contribution in [0.25, 0.3) is 65.3 Å². The fourth-order valence-electron chi connectivity index (χ4n) is 9.35. The second kappa shape index (κ2) is 12.3. The Balaban J connectivity index is 1.35. The molecule has 1 nitrogen and oxygen atoms in total. The molecule has 0 atom stereocenters. The van der Waals surface area contributed by atoms with Crippen molar-refractivity contribution in [2.75, 3.05) is 0 Å². The van der Waals surface area contributed by atoms with Crippen LogP contribution in [0.5, 0.6) is 11.5 Å². The van der Waals surface area contributed by atoms with Gasteiger partial charge in [-0.25, -0.2) is 0 Å². The first-order valence-corrected chi connectivity index (χ1v) is 19.1. The Hall–Kier alpha value is -6.96. The van der Waals surface area contributed by atoms with Crippen molar-refractivity contribution in [2.45, 2.75) is 12.3 Å². The van der Waals surface area contributed by atoms with E-state index in [-0.39, 0.29) is 0 Å². The summed E-state index contributed by atoms with van der Waals surface area (Å²) in [6.45, 7) is 2.14. The van der Waals surface area contributed by atoms with Crippen LogP contribution in [0.4, 0.5) is 0 Å². The van der Waals surface area contributed by atoms with Gasteiger partial charge in [0.25, 0.3) is 0 Å². The van der Waals surface area contributed by atoms with Gasteiger partial charge in [-0.3, -0.25) is 0 Å². The number of hydrogen-bond acceptors (Lipinski definition) is 1. The van der Waals surface area contributed by atoms with E-state index in [1.54, 1.807) is 0 Å². The first-order valence-electron chi connectivity index (χ1n) is 19.1. The third-order valence-corrected chi connectivity index (χ3v) is 11.9. The summed E-state index contributed by atoms with van der Waals surface area (Å²) in [4.78, 5) is 0. The molecule has 0 saturated carbocycles. The van der Waals surface area contributed by atoms with Gasteiger partial charge < -0.3 is 4.74 Å². The lowest BCUT2D eigenvalue weighted by Gasteiger charge is -2.44. The van der Waals surface area contributed by atoms with Gasteiger partial charge in [0.2, 0.25) is 0 Å². The van der Waals surface area contributed by atoms with Crippen molar-refractivity contribution in [1.29, 1.82) is 0 Å². The highest BCUT2D eigenvalue weighted by Gasteiger charge is 2.49. The van der Waals surface area contributed by atoms with E-state index in [2.05, 4.69) is 207 Å². The molecule has 258 valence electrons. The molecular formula is C54H36O. The van der Waals surface area contributed by atoms with Gasteiger partial charge in [0.05, 0.1) is 5.41 Å². The number of fused-ring (bicyclic) bond motifs is 12. The molecule has 0 aliphatic carbocycles. The van der Waals surface area contributed by atoms with E-state index in [9.17, 15) is 0 Å². The molecule has 0 bridgehead atoms. The minimum Gasteiger partial charge on any atom is -0.455 e. The van der Waals surface area contributed by atoms with Gasteiger partial charge in [-0.2, -0.15) is 0 Å². The van der Waals surface area contributed by atoms with Crippen LogP contribution in [0.2, 0.25) is 0 Å². The van der Waals surface area contributed by atoms with Gasteiger partial charge in [-0.15, -0.1) is 0 Å². The van der Waals surface area contributed by atoms with Gasteiger partial charge in [0, 0.05) is 21.9 Å². The largest absolute Gasteiger partial charge is 0.455 e. The van der Waals surface area contributed by atoms with E-state index in [1.165, 1.54) is 82.4 Å². The Morgan fingerprint density at radius 3 is 1.02 bits per heavy atom. The van der Waals surface area contributed by atoms with E-state index in [0.29, 0.717) is 0 Å². The molecule has 0 saturated heterocycles. The number of rotatable bonds is 4. The summed E-state index contributed by atoms with van der Waals surface area (Å²) in [7, 11) is 0.